The Bertz CT molecular complexity index is 349. The molecule has 0 radical (unpaired) electrons. The molecule has 0 aliphatic carbocycles. The van der Waals surface area contributed by atoms with E-state index >= 15 is 0 Å². The summed E-state index contributed by atoms with van der Waals surface area (Å²) >= 11 is 0. The summed E-state index contributed by atoms with van der Waals surface area (Å²) in [7, 11) is 0. The van der Waals surface area contributed by atoms with Crippen molar-refractivity contribution in [3.05, 3.63) is 11.6 Å². The maximum atomic E-state index is 11.6. The molecule has 0 aromatic carbocycles. The average molecular weight is 239 g/mol. The van der Waals surface area contributed by atoms with Crippen LogP contribution in [0.25, 0.3) is 0 Å². The molecular formula is C11H21N5O. The third-order valence-corrected chi connectivity index (χ3v) is 2.50. The van der Waals surface area contributed by atoms with Gasteiger partial charge in [-0.1, -0.05) is 13.8 Å². The largest absolute Gasteiger partial charge is 0.348 e. The topological polar surface area (TPSA) is 73.9 Å². The molecule has 1 aromatic rings. The SMILES string of the molecule is CCCN(CC)CCNC(=O)c1n[nH]c(C)n1. The number of carbonyl (C=O) groups excluding carboxylic acids is 1. The van der Waals surface area contributed by atoms with E-state index in [0.29, 0.717) is 12.4 Å². The van der Waals surface area contributed by atoms with Crippen molar-refractivity contribution in [1.29, 1.82) is 0 Å². The second kappa shape index (κ2) is 7.01. The normalized spacial score (nSPS) is 10.8. The van der Waals surface area contributed by atoms with Gasteiger partial charge in [-0.15, -0.1) is 5.10 Å². The van der Waals surface area contributed by atoms with Crippen LogP contribution in [0.3, 0.4) is 0 Å². The zero-order valence-corrected chi connectivity index (χ0v) is 10.8. The summed E-state index contributed by atoms with van der Waals surface area (Å²) in [6.45, 7) is 9.59. The van der Waals surface area contributed by atoms with Gasteiger partial charge in [0, 0.05) is 13.1 Å². The van der Waals surface area contributed by atoms with Gasteiger partial charge in [-0.3, -0.25) is 9.89 Å². The summed E-state index contributed by atoms with van der Waals surface area (Å²) in [5.74, 6) is 0.638. The Morgan fingerprint density at radius 2 is 2.18 bits per heavy atom. The van der Waals surface area contributed by atoms with Crippen LogP contribution in [0.2, 0.25) is 0 Å². The van der Waals surface area contributed by atoms with Crippen LogP contribution >= 0.6 is 0 Å². The van der Waals surface area contributed by atoms with Crippen LogP contribution in [-0.2, 0) is 0 Å². The number of nitrogens with zero attached hydrogens (tertiary/aromatic N) is 3. The molecule has 17 heavy (non-hydrogen) atoms. The van der Waals surface area contributed by atoms with Crippen LogP contribution < -0.4 is 5.32 Å². The predicted octanol–water partition coefficient (Wildman–Crippen LogP) is 0.575. The fourth-order valence-electron chi connectivity index (χ4n) is 1.60. The zero-order valence-electron chi connectivity index (χ0n) is 10.8. The van der Waals surface area contributed by atoms with E-state index in [1.807, 2.05) is 0 Å². The number of aromatic nitrogens is 3. The van der Waals surface area contributed by atoms with Gasteiger partial charge in [0.05, 0.1) is 0 Å². The minimum Gasteiger partial charge on any atom is -0.348 e. The molecular weight excluding hydrogens is 218 g/mol. The second-order valence-corrected chi connectivity index (χ2v) is 3.93. The molecule has 1 heterocycles. The van der Waals surface area contributed by atoms with Crippen molar-refractivity contribution in [2.75, 3.05) is 26.2 Å². The van der Waals surface area contributed by atoms with E-state index < -0.39 is 0 Å². The van der Waals surface area contributed by atoms with Gasteiger partial charge in [0.2, 0.25) is 5.82 Å². The molecule has 0 atom stereocenters. The minimum atomic E-state index is -0.220. The number of rotatable bonds is 7. The lowest BCUT2D eigenvalue weighted by Gasteiger charge is -2.19. The summed E-state index contributed by atoms with van der Waals surface area (Å²) in [6, 6.07) is 0. The van der Waals surface area contributed by atoms with Gasteiger partial charge >= 0.3 is 0 Å². The van der Waals surface area contributed by atoms with Crippen LogP contribution in [0.1, 0.15) is 36.7 Å². The Morgan fingerprint density at radius 3 is 2.71 bits per heavy atom. The van der Waals surface area contributed by atoms with Crippen LogP contribution in [0.15, 0.2) is 0 Å². The lowest BCUT2D eigenvalue weighted by atomic mass is 10.4. The number of nitrogens with one attached hydrogen (secondary N) is 2. The van der Waals surface area contributed by atoms with Gasteiger partial charge in [0.15, 0.2) is 0 Å². The van der Waals surface area contributed by atoms with Gasteiger partial charge in [0.1, 0.15) is 5.82 Å². The summed E-state index contributed by atoms with van der Waals surface area (Å²) in [6.07, 6.45) is 1.13. The highest BCUT2D eigenvalue weighted by atomic mass is 16.2. The third kappa shape index (κ3) is 4.52. The molecule has 1 amide bonds. The van der Waals surface area contributed by atoms with Crippen LogP contribution in [0.4, 0.5) is 0 Å². The molecule has 96 valence electrons. The average Bonchev–Trinajstić information content (AvgIpc) is 2.74. The second-order valence-electron chi connectivity index (χ2n) is 3.93. The van der Waals surface area contributed by atoms with Gasteiger partial charge in [-0.25, -0.2) is 4.98 Å². The summed E-state index contributed by atoms with van der Waals surface area (Å²) < 4.78 is 0. The van der Waals surface area contributed by atoms with Gasteiger partial charge in [0.25, 0.3) is 5.91 Å². The zero-order chi connectivity index (χ0) is 12.7. The van der Waals surface area contributed by atoms with Crippen molar-refractivity contribution in [3.63, 3.8) is 0 Å². The molecule has 6 heteroatoms. The number of likely N-dealkylation sites (N-methyl/N-ethyl adjacent to an activating group) is 1. The number of hydrogen-bond donors (Lipinski definition) is 2. The molecule has 0 bridgehead atoms. The maximum absolute atomic E-state index is 11.6. The molecule has 0 aliphatic heterocycles. The first-order chi connectivity index (χ1) is 8.17. The molecule has 2 N–H and O–H groups in total. The molecule has 0 spiro atoms. The van der Waals surface area contributed by atoms with Gasteiger partial charge in [-0.05, 0) is 26.4 Å². The highest BCUT2D eigenvalue weighted by Gasteiger charge is 2.10. The highest BCUT2D eigenvalue weighted by Crippen LogP contribution is 1.92. The molecule has 0 fully saturated rings. The molecule has 6 nitrogen and oxygen atoms in total. The summed E-state index contributed by atoms with van der Waals surface area (Å²) in [4.78, 5) is 17.9. The van der Waals surface area contributed by atoms with Crippen LogP contribution in [0, 0.1) is 6.92 Å². The van der Waals surface area contributed by atoms with Gasteiger partial charge in [-0.2, -0.15) is 0 Å². The Kier molecular flexibility index (Phi) is 5.62. The van der Waals surface area contributed by atoms with E-state index in [-0.39, 0.29) is 11.7 Å². The Balaban J connectivity index is 2.28. The molecule has 0 unspecified atom stereocenters. The first-order valence-electron chi connectivity index (χ1n) is 6.07. The standard InChI is InChI=1S/C11H21N5O/c1-4-7-16(5-2)8-6-12-11(17)10-13-9(3)14-15-10/h4-8H2,1-3H3,(H,12,17)(H,13,14,15). The lowest BCUT2D eigenvalue weighted by Crippen LogP contribution is -2.35. The first kappa shape index (κ1) is 13.6. The smallest absolute Gasteiger partial charge is 0.291 e. The number of aryl methyl sites for hydroxylation is 1. The molecule has 1 rings (SSSR count). The Morgan fingerprint density at radius 1 is 1.41 bits per heavy atom. The lowest BCUT2D eigenvalue weighted by molar-refractivity contribution is 0.0938. The van der Waals surface area contributed by atoms with E-state index in [4.69, 9.17) is 0 Å². The van der Waals surface area contributed by atoms with Crippen molar-refractivity contribution in [3.8, 4) is 0 Å². The Hall–Kier alpha value is -1.43. The number of hydrogen-bond acceptors (Lipinski definition) is 4. The molecule has 1 aromatic heterocycles. The maximum Gasteiger partial charge on any atom is 0.291 e. The van der Waals surface area contributed by atoms with E-state index in [1.54, 1.807) is 6.92 Å². The summed E-state index contributed by atoms with van der Waals surface area (Å²) in [5, 5.41) is 9.27. The fraction of sp³-hybridized carbons (Fsp3) is 0.727. The van der Waals surface area contributed by atoms with Crippen LogP contribution in [-0.4, -0.2) is 52.2 Å². The van der Waals surface area contributed by atoms with E-state index in [2.05, 4.69) is 39.2 Å². The summed E-state index contributed by atoms with van der Waals surface area (Å²) in [5.41, 5.74) is 0. The van der Waals surface area contributed by atoms with E-state index in [1.165, 1.54) is 0 Å². The molecule has 0 saturated carbocycles. The predicted molar refractivity (Wildman–Crippen MR) is 65.9 cm³/mol. The quantitative estimate of drug-likeness (QED) is 0.729. The first-order valence-corrected chi connectivity index (χ1v) is 6.07. The number of carbonyl (C=O) groups is 1. The van der Waals surface area contributed by atoms with Crippen LogP contribution in [0.5, 0.6) is 0 Å². The third-order valence-electron chi connectivity index (χ3n) is 2.50. The van der Waals surface area contributed by atoms with E-state index in [0.717, 1.165) is 26.1 Å². The highest BCUT2D eigenvalue weighted by molar-refractivity contribution is 5.90. The van der Waals surface area contributed by atoms with Crippen molar-refractivity contribution >= 4 is 5.91 Å². The van der Waals surface area contributed by atoms with Crippen molar-refractivity contribution < 1.29 is 4.79 Å². The minimum absolute atomic E-state index is 0.209. The Labute approximate surface area is 102 Å². The molecule has 0 saturated heterocycles. The number of H-pyrrole nitrogens is 1. The monoisotopic (exact) mass is 239 g/mol. The van der Waals surface area contributed by atoms with E-state index in [9.17, 15) is 4.79 Å². The van der Waals surface area contributed by atoms with Crippen molar-refractivity contribution in [2.45, 2.75) is 27.2 Å². The van der Waals surface area contributed by atoms with Gasteiger partial charge < -0.3 is 10.2 Å². The number of aromatic amines is 1. The number of amides is 1. The van der Waals surface area contributed by atoms with Crippen molar-refractivity contribution in [1.82, 2.24) is 25.4 Å². The van der Waals surface area contributed by atoms with Crippen molar-refractivity contribution in [2.24, 2.45) is 0 Å². The fourth-order valence-corrected chi connectivity index (χ4v) is 1.60. The molecule has 0 aliphatic rings.